The van der Waals surface area contributed by atoms with Gasteiger partial charge in [-0.15, -0.1) is 0 Å². The topological polar surface area (TPSA) is 58.6 Å². The van der Waals surface area contributed by atoms with Crippen molar-refractivity contribution in [2.45, 2.75) is 63.2 Å². The molecule has 4 nitrogen and oxygen atoms in total. The van der Waals surface area contributed by atoms with E-state index < -0.39 is 0 Å². The van der Waals surface area contributed by atoms with Gasteiger partial charge in [0, 0.05) is 6.61 Å². The Hall–Kier alpha value is -0.610. The summed E-state index contributed by atoms with van der Waals surface area (Å²) < 4.78 is 5.33. The number of carbonyl (C=O) groups excluding carboxylic acids is 1. The number of ether oxygens (including phenoxy) is 1. The number of nitrogens with one attached hydrogen (secondary N) is 1. The molecule has 0 aromatic carbocycles. The van der Waals surface area contributed by atoms with Crippen molar-refractivity contribution in [1.29, 1.82) is 0 Å². The Morgan fingerprint density at radius 3 is 2.69 bits per heavy atom. The highest BCUT2D eigenvalue weighted by Crippen LogP contribution is 2.19. The standard InChI is InChI=1S/C12H21NO3/c14-10-6-3-1-2-5-9(10)13-12(15)11-7-4-8-16-11/h9-11,14H,1-8H2,(H,13,15)/t9?,10?,11-/m0/s1. The maximum Gasteiger partial charge on any atom is 0.249 e. The Morgan fingerprint density at radius 2 is 1.94 bits per heavy atom. The van der Waals surface area contributed by atoms with E-state index in [1.54, 1.807) is 0 Å². The molecule has 1 amide bonds. The molecule has 3 atom stereocenters. The van der Waals surface area contributed by atoms with E-state index in [0.717, 1.165) is 44.9 Å². The maximum atomic E-state index is 11.8. The third kappa shape index (κ3) is 2.95. The first kappa shape index (κ1) is 11.9. The zero-order valence-corrected chi connectivity index (χ0v) is 9.65. The van der Waals surface area contributed by atoms with Gasteiger partial charge in [-0.2, -0.15) is 0 Å². The van der Waals surface area contributed by atoms with Crippen LogP contribution in [0.25, 0.3) is 0 Å². The summed E-state index contributed by atoms with van der Waals surface area (Å²) in [5.41, 5.74) is 0. The van der Waals surface area contributed by atoms with Crippen LogP contribution >= 0.6 is 0 Å². The lowest BCUT2D eigenvalue weighted by atomic mass is 10.1. The van der Waals surface area contributed by atoms with E-state index in [4.69, 9.17) is 4.74 Å². The van der Waals surface area contributed by atoms with Gasteiger partial charge in [0.25, 0.3) is 0 Å². The lowest BCUT2D eigenvalue weighted by Gasteiger charge is -2.23. The first-order valence-corrected chi connectivity index (χ1v) is 6.37. The van der Waals surface area contributed by atoms with Gasteiger partial charge in [0.2, 0.25) is 5.91 Å². The van der Waals surface area contributed by atoms with Crippen molar-refractivity contribution in [2.75, 3.05) is 6.61 Å². The number of aliphatic hydroxyl groups is 1. The van der Waals surface area contributed by atoms with Crippen molar-refractivity contribution < 1.29 is 14.6 Å². The lowest BCUT2D eigenvalue weighted by molar-refractivity contribution is -0.131. The molecule has 16 heavy (non-hydrogen) atoms. The number of hydrogen-bond donors (Lipinski definition) is 2. The lowest BCUT2D eigenvalue weighted by Crippen LogP contribution is -2.46. The third-order valence-electron chi connectivity index (χ3n) is 3.53. The zero-order valence-electron chi connectivity index (χ0n) is 9.65. The summed E-state index contributed by atoms with van der Waals surface area (Å²) in [5.74, 6) is -0.0385. The quantitative estimate of drug-likeness (QED) is 0.691. The first-order valence-electron chi connectivity index (χ1n) is 6.37. The monoisotopic (exact) mass is 227 g/mol. The molecule has 1 saturated heterocycles. The van der Waals surface area contributed by atoms with Gasteiger partial charge >= 0.3 is 0 Å². The Kier molecular flexibility index (Phi) is 4.18. The minimum Gasteiger partial charge on any atom is -0.391 e. The molecule has 92 valence electrons. The number of aliphatic hydroxyl groups excluding tert-OH is 1. The summed E-state index contributed by atoms with van der Waals surface area (Å²) in [7, 11) is 0. The van der Waals surface area contributed by atoms with Gasteiger partial charge in [-0.3, -0.25) is 4.79 Å². The Labute approximate surface area is 96.4 Å². The number of hydrogen-bond acceptors (Lipinski definition) is 3. The molecule has 2 rings (SSSR count). The highest BCUT2D eigenvalue weighted by atomic mass is 16.5. The molecule has 0 aromatic rings. The maximum absolute atomic E-state index is 11.8. The number of carbonyl (C=O) groups is 1. The molecule has 1 heterocycles. The van der Waals surface area contributed by atoms with Crippen LogP contribution in [-0.2, 0) is 9.53 Å². The molecule has 0 aromatic heterocycles. The summed E-state index contributed by atoms with van der Waals surface area (Å²) in [5, 5.41) is 12.8. The first-order chi connectivity index (χ1) is 7.77. The molecule has 0 bridgehead atoms. The van der Waals surface area contributed by atoms with Gasteiger partial charge in [-0.1, -0.05) is 19.3 Å². The average Bonchev–Trinajstić information content (AvgIpc) is 2.73. The third-order valence-corrected chi connectivity index (χ3v) is 3.53. The van der Waals surface area contributed by atoms with E-state index in [-0.39, 0.29) is 24.2 Å². The molecular weight excluding hydrogens is 206 g/mol. The summed E-state index contributed by atoms with van der Waals surface area (Å²) in [6, 6.07) is -0.0702. The Morgan fingerprint density at radius 1 is 1.12 bits per heavy atom. The molecule has 1 saturated carbocycles. The van der Waals surface area contributed by atoms with Gasteiger partial charge in [0.1, 0.15) is 6.10 Å². The van der Waals surface area contributed by atoms with Gasteiger partial charge in [0.05, 0.1) is 12.1 Å². The van der Waals surface area contributed by atoms with Crippen molar-refractivity contribution in [2.24, 2.45) is 0 Å². The smallest absolute Gasteiger partial charge is 0.249 e. The summed E-state index contributed by atoms with van der Waals surface area (Å²) in [4.78, 5) is 11.8. The summed E-state index contributed by atoms with van der Waals surface area (Å²) in [6.07, 6.45) is 6.11. The molecular formula is C12H21NO3. The van der Waals surface area contributed by atoms with Crippen LogP contribution in [-0.4, -0.2) is 35.9 Å². The van der Waals surface area contributed by atoms with Crippen molar-refractivity contribution >= 4 is 5.91 Å². The van der Waals surface area contributed by atoms with Crippen LogP contribution in [0.5, 0.6) is 0 Å². The van der Waals surface area contributed by atoms with Crippen molar-refractivity contribution in [3.63, 3.8) is 0 Å². The predicted molar refractivity (Wildman–Crippen MR) is 60.0 cm³/mol. The molecule has 1 aliphatic carbocycles. The second-order valence-corrected chi connectivity index (χ2v) is 4.82. The van der Waals surface area contributed by atoms with Crippen LogP contribution in [0.4, 0.5) is 0 Å². The number of amides is 1. The fourth-order valence-electron chi connectivity index (χ4n) is 2.52. The highest BCUT2D eigenvalue weighted by Gasteiger charge is 2.28. The molecule has 2 unspecified atom stereocenters. The second kappa shape index (κ2) is 5.64. The molecule has 0 spiro atoms. The van der Waals surface area contributed by atoms with Crippen molar-refractivity contribution in [3.8, 4) is 0 Å². The summed E-state index contributed by atoms with van der Waals surface area (Å²) in [6.45, 7) is 0.686. The Bertz CT molecular complexity index is 238. The van der Waals surface area contributed by atoms with E-state index in [0.29, 0.717) is 6.61 Å². The van der Waals surface area contributed by atoms with Crippen LogP contribution in [0.15, 0.2) is 0 Å². The fraction of sp³-hybridized carbons (Fsp3) is 0.917. The largest absolute Gasteiger partial charge is 0.391 e. The van der Waals surface area contributed by atoms with E-state index in [1.165, 1.54) is 0 Å². The zero-order chi connectivity index (χ0) is 11.4. The molecule has 2 aliphatic rings. The SMILES string of the molecule is O=C(NC1CCCCCC1O)[C@@H]1CCCO1. The molecule has 2 fully saturated rings. The fourth-order valence-corrected chi connectivity index (χ4v) is 2.52. The van der Waals surface area contributed by atoms with Crippen molar-refractivity contribution in [1.82, 2.24) is 5.32 Å². The molecule has 2 N–H and O–H groups in total. The van der Waals surface area contributed by atoms with E-state index >= 15 is 0 Å². The summed E-state index contributed by atoms with van der Waals surface area (Å²) >= 11 is 0. The predicted octanol–water partition coefficient (Wildman–Crippen LogP) is 0.975. The second-order valence-electron chi connectivity index (χ2n) is 4.82. The van der Waals surface area contributed by atoms with Gasteiger partial charge < -0.3 is 15.2 Å². The van der Waals surface area contributed by atoms with E-state index in [1.807, 2.05) is 0 Å². The van der Waals surface area contributed by atoms with Gasteiger partial charge in [0.15, 0.2) is 0 Å². The van der Waals surface area contributed by atoms with Crippen LogP contribution in [0, 0.1) is 0 Å². The average molecular weight is 227 g/mol. The van der Waals surface area contributed by atoms with Crippen molar-refractivity contribution in [3.05, 3.63) is 0 Å². The highest BCUT2D eigenvalue weighted by molar-refractivity contribution is 5.81. The minimum absolute atomic E-state index is 0.0385. The molecule has 1 aliphatic heterocycles. The van der Waals surface area contributed by atoms with Crippen LogP contribution < -0.4 is 5.32 Å². The van der Waals surface area contributed by atoms with Gasteiger partial charge in [-0.25, -0.2) is 0 Å². The Balaban J connectivity index is 1.84. The van der Waals surface area contributed by atoms with E-state index in [9.17, 15) is 9.90 Å². The van der Waals surface area contributed by atoms with Crippen LogP contribution in [0.1, 0.15) is 44.9 Å². The number of rotatable bonds is 2. The molecule has 4 heteroatoms. The van der Waals surface area contributed by atoms with Crippen LogP contribution in [0.3, 0.4) is 0 Å². The van der Waals surface area contributed by atoms with E-state index in [2.05, 4.69) is 5.32 Å². The minimum atomic E-state index is -0.382. The van der Waals surface area contributed by atoms with Gasteiger partial charge in [-0.05, 0) is 25.7 Å². The molecule has 0 radical (unpaired) electrons. The van der Waals surface area contributed by atoms with Crippen LogP contribution in [0.2, 0.25) is 0 Å². The normalized spacial score (nSPS) is 35.7.